The Morgan fingerprint density at radius 2 is 1.69 bits per heavy atom. The summed E-state index contributed by atoms with van der Waals surface area (Å²) in [5.41, 5.74) is 3.20. The van der Waals surface area contributed by atoms with Crippen LogP contribution in [-0.2, 0) is 6.42 Å². The maximum Gasteiger partial charge on any atom is 0.269 e. The highest BCUT2D eigenvalue weighted by Gasteiger charge is 2.08. The van der Waals surface area contributed by atoms with Gasteiger partial charge in [0.25, 0.3) is 5.91 Å². The van der Waals surface area contributed by atoms with E-state index >= 15 is 0 Å². The van der Waals surface area contributed by atoms with Gasteiger partial charge in [-0.1, -0.05) is 12.1 Å². The standard InChI is InChI=1S/C23H25N3O3/c1-3-29-21-10-6-18(7-11-21)26-19-13-15-24-22(16-19)23(27)25-14-12-17-4-8-20(28-2)9-5-17/h4-11,13,15-16H,3,12,14H2,1-2H3,(H,24,26)(H,25,27). The number of nitrogens with zero attached hydrogens (tertiary/aromatic N) is 1. The molecule has 0 aliphatic carbocycles. The molecular weight excluding hydrogens is 366 g/mol. The van der Waals surface area contributed by atoms with Crippen LogP contribution in [0.15, 0.2) is 66.9 Å². The minimum absolute atomic E-state index is 0.200. The third kappa shape index (κ3) is 5.97. The van der Waals surface area contributed by atoms with E-state index < -0.39 is 0 Å². The molecule has 0 radical (unpaired) electrons. The topological polar surface area (TPSA) is 72.5 Å². The zero-order chi connectivity index (χ0) is 20.5. The van der Waals surface area contributed by atoms with Crippen molar-refractivity contribution in [2.45, 2.75) is 13.3 Å². The van der Waals surface area contributed by atoms with Gasteiger partial charge >= 0.3 is 0 Å². The molecule has 1 aromatic heterocycles. The second kappa shape index (κ2) is 10.1. The molecule has 29 heavy (non-hydrogen) atoms. The minimum atomic E-state index is -0.200. The fourth-order valence-corrected chi connectivity index (χ4v) is 2.80. The summed E-state index contributed by atoms with van der Waals surface area (Å²) in [5.74, 6) is 1.44. The molecule has 0 fully saturated rings. The lowest BCUT2D eigenvalue weighted by molar-refractivity contribution is 0.0949. The number of hydrogen-bond donors (Lipinski definition) is 2. The second-order valence-corrected chi connectivity index (χ2v) is 6.37. The Hall–Kier alpha value is -3.54. The van der Waals surface area contributed by atoms with Gasteiger partial charge in [-0.15, -0.1) is 0 Å². The number of amides is 1. The molecule has 2 aromatic carbocycles. The Kier molecular flexibility index (Phi) is 7.05. The molecule has 0 spiro atoms. The van der Waals surface area contributed by atoms with Crippen molar-refractivity contribution in [3.8, 4) is 11.5 Å². The lowest BCUT2D eigenvalue weighted by Crippen LogP contribution is -2.26. The number of carbonyl (C=O) groups excluding carboxylic acids is 1. The molecule has 1 amide bonds. The zero-order valence-electron chi connectivity index (χ0n) is 16.6. The Bertz CT molecular complexity index is 925. The summed E-state index contributed by atoms with van der Waals surface area (Å²) < 4.78 is 10.6. The summed E-state index contributed by atoms with van der Waals surface area (Å²) in [5, 5.41) is 6.19. The van der Waals surface area contributed by atoms with Gasteiger partial charge in [0.2, 0.25) is 0 Å². The third-order valence-corrected chi connectivity index (χ3v) is 4.30. The van der Waals surface area contributed by atoms with Gasteiger partial charge in [0.05, 0.1) is 13.7 Å². The molecule has 0 aliphatic heterocycles. The lowest BCUT2D eigenvalue weighted by Gasteiger charge is -2.10. The number of aromatic nitrogens is 1. The van der Waals surface area contributed by atoms with E-state index in [4.69, 9.17) is 9.47 Å². The van der Waals surface area contributed by atoms with Gasteiger partial charge in [0.1, 0.15) is 17.2 Å². The van der Waals surface area contributed by atoms with Crippen molar-refractivity contribution in [2.75, 3.05) is 25.6 Å². The Labute approximate surface area is 170 Å². The summed E-state index contributed by atoms with van der Waals surface area (Å²) in [6.45, 7) is 3.12. The van der Waals surface area contributed by atoms with Crippen LogP contribution in [0.1, 0.15) is 23.0 Å². The van der Waals surface area contributed by atoms with E-state index in [-0.39, 0.29) is 5.91 Å². The van der Waals surface area contributed by atoms with Gasteiger partial charge in [0.15, 0.2) is 0 Å². The first-order valence-corrected chi connectivity index (χ1v) is 9.55. The zero-order valence-corrected chi connectivity index (χ0v) is 16.6. The second-order valence-electron chi connectivity index (χ2n) is 6.37. The van der Waals surface area contributed by atoms with E-state index in [1.54, 1.807) is 19.4 Å². The molecule has 150 valence electrons. The molecule has 0 saturated heterocycles. The SMILES string of the molecule is CCOc1ccc(Nc2ccnc(C(=O)NCCc3ccc(OC)cc3)c2)cc1. The van der Waals surface area contributed by atoms with Crippen molar-refractivity contribution in [1.82, 2.24) is 10.3 Å². The summed E-state index contributed by atoms with van der Waals surface area (Å²) in [6.07, 6.45) is 2.36. The number of anilines is 2. The van der Waals surface area contributed by atoms with Gasteiger partial charge in [-0.25, -0.2) is 0 Å². The average molecular weight is 391 g/mol. The molecule has 6 nitrogen and oxygen atoms in total. The van der Waals surface area contributed by atoms with Crippen molar-refractivity contribution in [2.24, 2.45) is 0 Å². The fraction of sp³-hybridized carbons (Fsp3) is 0.217. The van der Waals surface area contributed by atoms with Crippen LogP contribution < -0.4 is 20.1 Å². The van der Waals surface area contributed by atoms with E-state index in [1.165, 1.54) is 0 Å². The molecule has 0 aliphatic rings. The molecule has 6 heteroatoms. The molecule has 3 aromatic rings. The first-order valence-electron chi connectivity index (χ1n) is 9.55. The van der Waals surface area contributed by atoms with Gasteiger partial charge in [-0.2, -0.15) is 0 Å². The normalized spacial score (nSPS) is 10.3. The fourth-order valence-electron chi connectivity index (χ4n) is 2.80. The maximum atomic E-state index is 12.4. The summed E-state index contributed by atoms with van der Waals surface area (Å²) in [7, 11) is 1.64. The minimum Gasteiger partial charge on any atom is -0.497 e. The number of benzene rings is 2. The van der Waals surface area contributed by atoms with E-state index in [2.05, 4.69) is 15.6 Å². The quantitative estimate of drug-likeness (QED) is 0.572. The number of carbonyl (C=O) groups is 1. The van der Waals surface area contributed by atoms with E-state index in [0.717, 1.165) is 34.9 Å². The van der Waals surface area contributed by atoms with Crippen molar-refractivity contribution >= 4 is 17.3 Å². The number of hydrogen-bond acceptors (Lipinski definition) is 5. The highest BCUT2D eigenvalue weighted by atomic mass is 16.5. The number of pyridine rings is 1. The highest BCUT2D eigenvalue weighted by Crippen LogP contribution is 2.20. The Balaban J connectivity index is 1.54. The van der Waals surface area contributed by atoms with Gasteiger partial charge < -0.3 is 20.1 Å². The van der Waals surface area contributed by atoms with Crippen LogP contribution >= 0.6 is 0 Å². The number of methoxy groups -OCH3 is 1. The summed E-state index contributed by atoms with van der Waals surface area (Å²) in [4.78, 5) is 16.6. The number of ether oxygens (including phenoxy) is 2. The van der Waals surface area contributed by atoms with Crippen LogP contribution in [0.25, 0.3) is 0 Å². The smallest absolute Gasteiger partial charge is 0.269 e. The number of nitrogens with one attached hydrogen (secondary N) is 2. The van der Waals surface area contributed by atoms with Crippen molar-refractivity contribution in [3.63, 3.8) is 0 Å². The van der Waals surface area contributed by atoms with Crippen LogP contribution in [-0.4, -0.2) is 31.2 Å². The summed E-state index contributed by atoms with van der Waals surface area (Å²) in [6, 6.07) is 19.0. The maximum absolute atomic E-state index is 12.4. The molecule has 0 unspecified atom stereocenters. The first-order chi connectivity index (χ1) is 14.2. The molecule has 3 rings (SSSR count). The van der Waals surface area contributed by atoms with Gasteiger partial charge in [-0.3, -0.25) is 9.78 Å². The molecule has 2 N–H and O–H groups in total. The van der Waals surface area contributed by atoms with Crippen LogP contribution in [0, 0.1) is 0 Å². The Morgan fingerprint density at radius 3 is 2.38 bits per heavy atom. The van der Waals surface area contributed by atoms with Crippen molar-refractivity contribution in [3.05, 3.63) is 78.1 Å². The van der Waals surface area contributed by atoms with Gasteiger partial charge in [-0.05, 0) is 67.4 Å². The lowest BCUT2D eigenvalue weighted by atomic mass is 10.1. The molecule has 1 heterocycles. The van der Waals surface area contributed by atoms with Crippen LogP contribution in [0.3, 0.4) is 0 Å². The Morgan fingerprint density at radius 1 is 0.966 bits per heavy atom. The summed E-state index contributed by atoms with van der Waals surface area (Å²) >= 11 is 0. The predicted octanol–water partition coefficient (Wildman–Crippen LogP) is 4.21. The van der Waals surface area contributed by atoms with Crippen LogP contribution in [0.5, 0.6) is 11.5 Å². The van der Waals surface area contributed by atoms with E-state index in [1.807, 2.05) is 61.5 Å². The van der Waals surface area contributed by atoms with Gasteiger partial charge in [0, 0.05) is 24.1 Å². The van der Waals surface area contributed by atoms with E-state index in [0.29, 0.717) is 18.8 Å². The molecule has 0 atom stereocenters. The molecule has 0 saturated carbocycles. The largest absolute Gasteiger partial charge is 0.497 e. The molecular formula is C23H25N3O3. The van der Waals surface area contributed by atoms with Crippen LogP contribution in [0.4, 0.5) is 11.4 Å². The molecule has 0 bridgehead atoms. The predicted molar refractivity (Wildman–Crippen MR) is 114 cm³/mol. The van der Waals surface area contributed by atoms with E-state index in [9.17, 15) is 4.79 Å². The van der Waals surface area contributed by atoms with Crippen LogP contribution in [0.2, 0.25) is 0 Å². The third-order valence-electron chi connectivity index (χ3n) is 4.30. The number of rotatable bonds is 9. The first kappa shape index (κ1) is 20.2. The highest BCUT2D eigenvalue weighted by molar-refractivity contribution is 5.93. The monoisotopic (exact) mass is 391 g/mol. The average Bonchev–Trinajstić information content (AvgIpc) is 2.76. The van der Waals surface area contributed by atoms with Crippen molar-refractivity contribution in [1.29, 1.82) is 0 Å². The van der Waals surface area contributed by atoms with Crippen molar-refractivity contribution < 1.29 is 14.3 Å².